The highest BCUT2D eigenvalue weighted by atomic mass is 16.4. The average Bonchev–Trinajstić information content (AvgIpc) is 2.97. The number of hydrogen-bond acceptors (Lipinski definition) is 4. The molecule has 21 heavy (non-hydrogen) atoms. The lowest BCUT2D eigenvalue weighted by atomic mass is 10.1. The molecule has 0 spiro atoms. The zero-order valence-electron chi connectivity index (χ0n) is 11.3. The van der Waals surface area contributed by atoms with E-state index in [2.05, 4.69) is 10.2 Å². The van der Waals surface area contributed by atoms with Crippen LogP contribution in [0.15, 0.2) is 52.9 Å². The summed E-state index contributed by atoms with van der Waals surface area (Å²) in [5.41, 5.74) is 2.84. The van der Waals surface area contributed by atoms with Crippen molar-refractivity contribution < 1.29 is 14.3 Å². The number of aryl methyl sites for hydroxylation is 1. The molecule has 3 aromatic rings. The van der Waals surface area contributed by atoms with Gasteiger partial charge >= 0.3 is 5.97 Å². The monoisotopic (exact) mass is 280 g/mol. The normalized spacial score (nSPS) is 10.5. The summed E-state index contributed by atoms with van der Waals surface area (Å²) in [7, 11) is 0. The number of aromatic carboxylic acids is 1. The zero-order chi connectivity index (χ0) is 14.8. The Morgan fingerprint density at radius 3 is 2.33 bits per heavy atom. The molecule has 0 aliphatic rings. The van der Waals surface area contributed by atoms with E-state index in [0.29, 0.717) is 17.3 Å². The molecule has 104 valence electrons. The summed E-state index contributed by atoms with van der Waals surface area (Å²) >= 11 is 0. The van der Waals surface area contributed by atoms with Crippen molar-refractivity contribution in [3.63, 3.8) is 0 Å². The molecule has 0 fully saturated rings. The van der Waals surface area contributed by atoms with Crippen LogP contribution in [0.25, 0.3) is 22.9 Å². The van der Waals surface area contributed by atoms with E-state index in [1.54, 1.807) is 12.1 Å². The summed E-state index contributed by atoms with van der Waals surface area (Å²) in [4.78, 5) is 10.8. The summed E-state index contributed by atoms with van der Waals surface area (Å²) in [6.45, 7) is 1.97. The third-order valence-corrected chi connectivity index (χ3v) is 3.18. The number of carboxylic acid groups (broad SMARTS) is 1. The van der Waals surface area contributed by atoms with E-state index in [1.807, 2.05) is 31.2 Å². The molecule has 0 saturated heterocycles. The van der Waals surface area contributed by atoms with Gasteiger partial charge in [0, 0.05) is 11.1 Å². The van der Waals surface area contributed by atoms with Gasteiger partial charge in [0.15, 0.2) is 0 Å². The number of nitrogens with zero attached hydrogens (tertiary/aromatic N) is 2. The first-order valence-corrected chi connectivity index (χ1v) is 6.38. The summed E-state index contributed by atoms with van der Waals surface area (Å²) in [5.74, 6) is -0.150. The molecule has 0 radical (unpaired) electrons. The van der Waals surface area contributed by atoms with Crippen molar-refractivity contribution in [2.75, 3.05) is 0 Å². The summed E-state index contributed by atoms with van der Waals surface area (Å²) < 4.78 is 5.67. The smallest absolute Gasteiger partial charge is 0.335 e. The van der Waals surface area contributed by atoms with Gasteiger partial charge in [0.1, 0.15) is 0 Å². The zero-order valence-corrected chi connectivity index (χ0v) is 11.3. The maximum atomic E-state index is 10.8. The molecule has 0 saturated carbocycles. The number of hydrogen-bond donors (Lipinski definition) is 1. The second-order valence-corrected chi connectivity index (χ2v) is 4.61. The molecule has 0 aliphatic heterocycles. The van der Waals surface area contributed by atoms with Crippen molar-refractivity contribution in [3.8, 4) is 22.9 Å². The van der Waals surface area contributed by atoms with Crippen LogP contribution in [-0.4, -0.2) is 21.3 Å². The molecule has 5 nitrogen and oxygen atoms in total. The minimum Gasteiger partial charge on any atom is -0.478 e. The predicted octanol–water partition coefficient (Wildman–Crippen LogP) is 3.41. The maximum Gasteiger partial charge on any atom is 0.335 e. The van der Waals surface area contributed by atoms with Crippen LogP contribution in [0.4, 0.5) is 0 Å². The average molecular weight is 280 g/mol. The molecule has 5 heteroatoms. The lowest BCUT2D eigenvalue weighted by molar-refractivity contribution is 0.0697. The minimum absolute atomic E-state index is 0.220. The van der Waals surface area contributed by atoms with Crippen molar-refractivity contribution in [2.45, 2.75) is 6.92 Å². The van der Waals surface area contributed by atoms with Crippen LogP contribution < -0.4 is 0 Å². The highest BCUT2D eigenvalue weighted by Gasteiger charge is 2.12. The summed E-state index contributed by atoms with van der Waals surface area (Å²) in [5, 5.41) is 16.9. The molecule has 0 bridgehead atoms. The molecule has 0 amide bonds. The lowest BCUT2D eigenvalue weighted by Gasteiger charge is -1.99. The molecule has 2 aromatic carbocycles. The van der Waals surface area contributed by atoms with Gasteiger partial charge in [-0.1, -0.05) is 18.2 Å². The van der Waals surface area contributed by atoms with Crippen molar-refractivity contribution >= 4 is 5.97 Å². The second-order valence-electron chi connectivity index (χ2n) is 4.61. The number of rotatable bonds is 3. The quantitative estimate of drug-likeness (QED) is 0.795. The molecule has 0 atom stereocenters. The van der Waals surface area contributed by atoms with Gasteiger partial charge in [0.25, 0.3) is 0 Å². The Morgan fingerprint density at radius 1 is 1.00 bits per heavy atom. The lowest BCUT2D eigenvalue weighted by Crippen LogP contribution is -1.94. The first kappa shape index (κ1) is 13.1. The Balaban J connectivity index is 1.95. The standard InChI is InChI=1S/C16H12N2O3/c1-10-4-2-3-5-13(10)15-18-17-14(21-15)11-6-8-12(9-7-11)16(19)20/h2-9H,1H3,(H,19,20). The van der Waals surface area contributed by atoms with E-state index in [0.717, 1.165) is 11.1 Å². The van der Waals surface area contributed by atoms with Crippen LogP contribution in [0, 0.1) is 6.92 Å². The van der Waals surface area contributed by atoms with Gasteiger partial charge in [-0.05, 0) is 42.8 Å². The van der Waals surface area contributed by atoms with Crippen molar-refractivity contribution in [2.24, 2.45) is 0 Å². The van der Waals surface area contributed by atoms with Crippen molar-refractivity contribution in [1.82, 2.24) is 10.2 Å². The van der Waals surface area contributed by atoms with Gasteiger partial charge in [-0.25, -0.2) is 4.79 Å². The number of carbonyl (C=O) groups is 1. The SMILES string of the molecule is Cc1ccccc1-c1nnc(-c2ccc(C(=O)O)cc2)o1. The third-order valence-electron chi connectivity index (χ3n) is 3.18. The van der Waals surface area contributed by atoms with E-state index in [9.17, 15) is 4.79 Å². The molecule has 0 unspecified atom stereocenters. The summed E-state index contributed by atoms with van der Waals surface area (Å²) in [6, 6.07) is 14.1. The molecular weight excluding hydrogens is 268 g/mol. The first-order chi connectivity index (χ1) is 10.1. The van der Waals surface area contributed by atoms with Gasteiger partial charge < -0.3 is 9.52 Å². The van der Waals surface area contributed by atoms with E-state index in [4.69, 9.17) is 9.52 Å². The van der Waals surface area contributed by atoms with Gasteiger partial charge in [0.05, 0.1) is 5.56 Å². The fourth-order valence-corrected chi connectivity index (χ4v) is 2.02. The van der Waals surface area contributed by atoms with Crippen LogP contribution in [-0.2, 0) is 0 Å². The molecule has 1 aromatic heterocycles. The predicted molar refractivity (Wildman–Crippen MR) is 76.9 cm³/mol. The van der Waals surface area contributed by atoms with Crippen molar-refractivity contribution in [3.05, 3.63) is 59.7 Å². The Kier molecular flexibility index (Phi) is 3.23. The molecule has 1 heterocycles. The highest BCUT2D eigenvalue weighted by molar-refractivity contribution is 5.88. The molecule has 0 aliphatic carbocycles. The van der Waals surface area contributed by atoms with Crippen LogP contribution >= 0.6 is 0 Å². The van der Waals surface area contributed by atoms with Crippen LogP contribution in [0.3, 0.4) is 0 Å². The highest BCUT2D eigenvalue weighted by Crippen LogP contribution is 2.26. The second kappa shape index (κ2) is 5.20. The van der Waals surface area contributed by atoms with E-state index in [1.165, 1.54) is 12.1 Å². The van der Waals surface area contributed by atoms with Crippen molar-refractivity contribution in [1.29, 1.82) is 0 Å². The molecular formula is C16H12N2O3. The largest absolute Gasteiger partial charge is 0.478 e. The van der Waals surface area contributed by atoms with Crippen LogP contribution in [0.1, 0.15) is 15.9 Å². The van der Waals surface area contributed by atoms with Gasteiger partial charge in [-0.2, -0.15) is 0 Å². The summed E-state index contributed by atoms with van der Waals surface area (Å²) in [6.07, 6.45) is 0. The molecule has 1 N–H and O–H groups in total. The molecule has 3 rings (SSSR count). The van der Waals surface area contributed by atoms with Gasteiger partial charge in [-0.3, -0.25) is 0 Å². The Bertz CT molecular complexity index is 791. The fraction of sp³-hybridized carbons (Fsp3) is 0.0625. The van der Waals surface area contributed by atoms with Crippen LogP contribution in [0.5, 0.6) is 0 Å². The topological polar surface area (TPSA) is 76.2 Å². The minimum atomic E-state index is -0.965. The fourth-order valence-electron chi connectivity index (χ4n) is 2.02. The van der Waals surface area contributed by atoms with Gasteiger partial charge in [-0.15, -0.1) is 10.2 Å². The maximum absolute atomic E-state index is 10.8. The first-order valence-electron chi connectivity index (χ1n) is 6.38. The van der Waals surface area contributed by atoms with Crippen LogP contribution in [0.2, 0.25) is 0 Å². The number of benzene rings is 2. The Labute approximate surface area is 120 Å². The van der Waals surface area contributed by atoms with E-state index >= 15 is 0 Å². The van der Waals surface area contributed by atoms with E-state index in [-0.39, 0.29) is 5.56 Å². The number of carboxylic acids is 1. The number of aromatic nitrogens is 2. The Hall–Kier alpha value is -2.95. The third kappa shape index (κ3) is 2.53. The Morgan fingerprint density at radius 2 is 1.67 bits per heavy atom. The van der Waals surface area contributed by atoms with Gasteiger partial charge in [0.2, 0.25) is 11.8 Å². The van der Waals surface area contributed by atoms with E-state index < -0.39 is 5.97 Å².